The number of alkyl carbamates (subject to hydrolysis) is 1. The van der Waals surface area contributed by atoms with Crippen molar-refractivity contribution in [3.63, 3.8) is 0 Å². The van der Waals surface area contributed by atoms with E-state index >= 15 is 0 Å². The van der Waals surface area contributed by atoms with Crippen molar-refractivity contribution in [1.82, 2.24) is 20.2 Å². The lowest BCUT2D eigenvalue weighted by Crippen LogP contribution is -2.49. The molecule has 0 radical (unpaired) electrons. The second kappa shape index (κ2) is 10.8. The Morgan fingerprint density at radius 3 is 2.83 bits per heavy atom. The van der Waals surface area contributed by atoms with Crippen LogP contribution in [0.4, 0.5) is 9.18 Å². The van der Waals surface area contributed by atoms with Gasteiger partial charge in [-0.25, -0.2) is 14.2 Å². The lowest BCUT2D eigenvalue weighted by molar-refractivity contribution is -0.0435. The van der Waals surface area contributed by atoms with Crippen molar-refractivity contribution in [2.45, 2.75) is 57.5 Å². The number of imidazole rings is 1. The van der Waals surface area contributed by atoms with Crippen LogP contribution in [0.3, 0.4) is 0 Å². The summed E-state index contributed by atoms with van der Waals surface area (Å²) in [6.45, 7) is 6.03. The van der Waals surface area contributed by atoms with Crippen LogP contribution < -0.4 is 5.32 Å². The highest BCUT2D eigenvalue weighted by atomic mass is 19.1. The van der Waals surface area contributed by atoms with Crippen LogP contribution >= 0.6 is 0 Å². The van der Waals surface area contributed by atoms with Gasteiger partial charge >= 0.3 is 6.09 Å². The highest BCUT2D eigenvalue weighted by Crippen LogP contribution is 2.48. The number of ether oxygens (including phenoxy) is 1. The quantitative estimate of drug-likeness (QED) is 0.428. The second-order valence-electron chi connectivity index (χ2n) is 10.1. The molecule has 0 unspecified atom stereocenters. The number of hydrogen-bond donors (Lipinski definition) is 2. The summed E-state index contributed by atoms with van der Waals surface area (Å²) in [6, 6.07) is 13.1. The van der Waals surface area contributed by atoms with E-state index in [1.54, 1.807) is 13.1 Å². The van der Waals surface area contributed by atoms with E-state index in [4.69, 9.17) is 4.74 Å². The Kier molecular flexibility index (Phi) is 7.75. The molecule has 7 heteroatoms. The van der Waals surface area contributed by atoms with Crippen LogP contribution in [0.25, 0.3) is 11.0 Å². The molecular formula is C28H37FN4O2. The Morgan fingerprint density at radius 2 is 2.09 bits per heavy atom. The number of nitrogens with zero attached hydrogens (tertiary/aromatic N) is 2. The van der Waals surface area contributed by atoms with E-state index in [1.165, 1.54) is 6.07 Å². The highest BCUT2D eigenvalue weighted by Gasteiger charge is 2.47. The van der Waals surface area contributed by atoms with Gasteiger partial charge in [0.25, 0.3) is 0 Å². The standard InChI is InChI=1S/C28H37FN4O2/c1-19(2)26-22-12-11-21(29)18-20(22)13-14-28(26,35-27(34)30-3)15-17-33(4)16-7-10-25-31-23-8-5-6-9-24(23)32-25/h5-6,8-9,11-12,18-19,26H,7,10,13-17H2,1-4H3,(H,30,34)(H,31,32)/t26-,28-/m0/s1. The van der Waals surface area contributed by atoms with Crippen molar-refractivity contribution in [2.24, 2.45) is 5.92 Å². The molecule has 4 rings (SSSR count). The number of nitrogens with one attached hydrogen (secondary N) is 2. The number of aromatic amines is 1. The number of carbonyl (C=O) groups excluding carboxylic acids is 1. The molecule has 1 aliphatic carbocycles. The molecule has 0 bridgehead atoms. The van der Waals surface area contributed by atoms with Crippen LogP contribution in [0, 0.1) is 11.7 Å². The summed E-state index contributed by atoms with van der Waals surface area (Å²) in [5, 5.41) is 2.64. The Hall–Kier alpha value is -2.93. The molecule has 6 nitrogen and oxygen atoms in total. The number of aromatic nitrogens is 2. The van der Waals surface area contributed by atoms with Gasteiger partial charge in [0.1, 0.15) is 17.2 Å². The normalized spacial score (nSPS) is 19.8. The smallest absolute Gasteiger partial charge is 0.407 e. The van der Waals surface area contributed by atoms with Gasteiger partial charge in [0.2, 0.25) is 0 Å². The van der Waals surface area contributed by atoms with E-state index in [9.17, 15) is 9.18 Å². The number of para-hydroxylation sites is 2. The summed E-state index contributed by atoms with van der Waals surface area (Å²) in [7, 11) is 3.71. The molecule has 2 aromatic carbocycles. The maximum Gasteiger partial charge on any atom is 0.407 e. The zero-order chi connectivity index (χ0) is 25.0. The first-order valence-corrected chi connectivity index (χ1v) is 12.6. The van der Waals surface area contributed by atoms with E-state index in [0.29, 0.717) is 12.8 Å². The molecule has 3 aromatic rings. The van der Waals surface area contributed by atoms with Crippen LogP contribution in [0.5, 0.6) is 0 Å². The van der Waals surface area contributed by atoms with Gasteiger partial charge in [0.05, 0.1) is 11.0 Å². The molecule has 0 saturated carbocycles. The van der Waals surface area contributed by atoms with Crippen LogP contribution in [0.2, 0.25) is 0 Å². The molecule has 0 saturated heterocycles. The van der Waals surface area contributed by atoms with Crippen LogP contribution in [-0.4, -0.2) is 53.7 Å². The maximum atomic E-state index is 13.9. The van der Waals surface area contributed by atoms with Gasteiger partial charge in [-0.05, 0) is 74.2 Å². The minimum absolute atomic E-state index is 0.00750. The first-order chi connectivity index (χ1) is 16.8. The van der Waals surface area contributed by atoms with E-state index < -0.39 is 11.7 Å². The molecule has 188 valence electrons. The maximum absolute atomic E-state index is 13.9. The Balaban J connectivity index is 1.43. The number of carbonyl (C=O) groups is 1. The molecule has 1 heterocycles. The fourth-order valence-corrected chi connectivity index (χ4v) is 5.66. The average Bonchev–Trinajstić information content (AvgIpc) is 3.25. The molecule has 0 fully saturated rings. The van der Waals surface area contributed by atoms with Crippen molar-refractivity contribution < 1.29 is 13.9 Å². The van der Waals surface area contributed by atoms with Crippen molar-refractivity contribution in [1.29, 1.82) is 0 Å². The molecule has 0 spiro atoms. The predicted molar refractivity (Wildman–Crippen MR) is 137 cm³/mol. The van der Waals surface area contributed by atoms with Crippen molar-refractivity contribution >= 4 is 17.1 Å². The Labute approximate surface area is 207 Å². The number of halogens is 1. The number of rotatable bonds is 9. The summed E-state index contributed by atoms with van der Waals surface area (Å²) in [5.74, 6) is 1.04. The van der Waals surface area contributed by atoms with Gasteiger partial charge in [0.15, 0.2) is 0 Å². The minimum atomic E-state index is -0.633. The molecule has 1 aromatic heterocycles. The molecule has 2 atom stereocenters. The highest BCUT2D eigenvalue weighted by molar-refractivity contribution is 5.74. The van der Waals surface area contributed by atoms with Gasteiger partial charge in [-0.2, -0.15) is 0 Å². The van der Waals surface area contributed by atoms with E-state index in [2.05, 4.69) is 41.1 Å². The largest absolute Gasteiger partial charge is 0.442 e. The lowest BCUT2D eigenvalue weighted by atomic mass is 9.65. The number of aryl methyl sites for hydroxylation is 2. The minimum Gasteiger partial charge on any atom is -0.442 e. The van der Waals surface area contributed by atoms with Crippen molar-refractivity contribution in [2.75, 3.05) is 27.2 Å². The zero-order valence-corrected chi connectivity index (χ0v) is 21.2. The number of H-pyrrole nitrogens is 1. The third-order valence-electron chi connectivity index (χ3n) is 7.30. The van der Waals surface area contributed by atoms with Crippen molar-refractivity contribution in [3.05, 3.63) is 65.2 Å². The van der Waals surface area contributed by atoms with Gasteiger partial charge in [0, 0.05) is 32.4 Å². The number of fused-ring (bicyclic) bond motifs is 2. The van der Waals surface area contributed by atoms with Crippen molar-refractivity contribution in [3.8, 4) is 0 Å². The zero-order valence-electron chi connectivity index (χ0n) is 21.2. The van der Waals surface area contributed by atoms with Crippen LogP contribution in [0.15, 0.2) is 42.5 Å². The Morgan fingerprint density at radius 1 is 1.29 bits per heavy atom. The van der Waals surface area contributed by atoms with E-state index in [-0.39, 0.29) is 17.7 Å². The average molecular weight is 481 g/mol. The third-order valence-corrected chi connectivity index (χ3v) is 7.30. The molecule has 1 aliphatic rings. The lowest BCUT2D eigenvalue weighted by Gasteiger charge is -2.47. The molecule has 2 N–H and O–H groups in total. The van der Waals surface area contributed by atoms with Crippen LogP contribution in [-0.2, 0) is 17.6 Å². The molecular weight excluding hydrogens is 443 g/mol. The predicted octanol–water partition coefficient (Wildman–Crippen LogP) is 5.44. The fourth-order valence-electron chi connectivity index (χ4n) is 5.66. The molecule has 35 heavy (non-hydrogen) atoms. The monoisotopic (exact) mass is 480 g/mol. The number of amides is 1. The van der Waals surface area contributed by atoms with Gasteiger partial charge in [-0.1, -0.05) is 32.0 Å². The Bertz CT molecular complexity index is 1130. The number of hydrogen-bond acceptors (Lipinski definition) is 4. The summed E-state index contributed by atoms with van der Waals surface area (Å²) in [5.41, 5.74) is 3.57. The summed E-state index contributed by atoms with van der Waals surface area (Å²) >= 11 is 0. The van der Waals surface area contributed by atoms with Gasteiger partial charge in [-0.3, -0.25) is 0 Å². The van der Waals surface area contributed by atoms with Gasteiger partial charge < -0.3 is 19.9 Å². The summed E-state index contributed by atoms with van der Waals surface area (Å²) in [6.07, 6.45) is 3.56. The second-order valence-corrected chi connectivity index (χ2v) is 10.1. The first kappa shape index (κ1) is 25.2. The SMILES string of the molecule is CNC(=O)O[C@]1(CCN(C)CCCc2nc3ccccc3[nH]2)CCc2cc(F)ccc2[C@@H]1C(C)C. The molecule has 0 aliphatic heterocycles. The molecule has 1 amide bonds. The fraction of sp³-hybridized carbons (Fsp3) is 0.500. The third kappa shape index (κ3) is 5.67. The summed E-state index contributed by atoms with van der Waals surface area (Å²) < 4.78 is 20.1. The van der Waals surface area contributed by atoms with Crippen LogP contribution in [0.1, 0.15) is 56.0 Å². The topological polar surface area (TPSA) is 70.2 Å². The number of benzene rings is 2. The first-order valence-electron chi connectivity index (χ1n) is 12.6. The summed E-state index contributed by atoms with van der Waals surface area (Å²) in [4.78, 5) is 22.8. The van der Waals surface area contributed by atoms with E-state index in [1.807, 2.05) is 30.3 Å². The van der Waals surface area contributed by atoms with E-state index in [0.717, 1.165) is 60.3 Å². The van der Waals surface area contributed by atoms with Gasteiger partial charge in [-0.15, -0.1) is 0 Å².